The lowest BCUT2D eigenvalue weighted by atomic mass is 10.1. The molecule has 0 unspecified atom stereocenters. The summed E-state index contributed by atoms with van der Waals surface area (Å²) in [4.78, 5) is 12.4. The zero-order valence-corrected chi connectivity index (χ0v) is 13.0. The first-order valence-electron chi connectivity index (χ1n) is 6.92. The molecule has 0 bridgehead atoms. The van der Waals surface area contributed by atoms with Crippen molar-refractivity contribution in [1.29, 1.82) is 0 Å². The van der Waals surface area contributed by atoms with Crippen LogP contribution >= 0.6 is 11.6 Å². The molecule has 0 fully saturated rings. The fourth-order valence-electron chi connectivity index (χ4n) is 2.20. The summed E-state index contributed by atoms with van der Waals surface area (Å²) in [5.41, 5.74) is 1.65. The van der Waals surface area contributed by atoms with Gasteiger partial charge >= 0.3 is 5.69 Å². The van der Waals surface area contributed by atoms with Crippen molar-refractivity contribution in [2.45, 2.75) is 20.0 Å². The van der Waals surface area contributed by atoms with Gasteiger partial charge in [0.25, 0.3) is 0 Å². The van der Waals surface area contributed by atoms with E-state index in [0.29, 0.717) is 11.6 Å². The lowest BCUT2D eigenvalue weighted by molar-refractivity contribution is -0.385. The summed E-state index contributed by atoms with van der Waals surface area (Å²) in [5.74, 6) is -0.311. The van der Waals surface area contributed by atoms with Crippen LogP contribution in [0.15, 0.2) is 42.5 Å². The van der Waals surface area contributed by atoms with E-state index in [2.05, 4.69) is 4.90 Å². The maximum atomic E-state index is 10.9. The normalized spacial score (nSPS) is 10.9. The average Bonchev–Trinajstić information content (AvgIpc) is 2.50. The van der Waals surface area contributed by atoms with Gasteiger partial charge in [0.15, 0.2) is 5.75 Å². The van der Waals surface area contributed by atoms with Crippen LogP contribution in [0.1, 0.15) is 18.1 Å². The van der Waals surface area contributed by atoms with E-state index in [0.717, 1.165) is 24.2 Å². The number of halogens is 1. The molecule has 5 nitrogen and oxygen atoms in total. The van der Waals surface area contributed by atoms with Crippen LogP contribution in [-0.4, -0.2) is 21.5 Å². The monoisotopic (exact) mass is 320 g/mol. The molecule has 22 heavy (non-hydrogen) atoms. The van der Waals surface area contributed by atoms with E-state index in [1.54, 1.807) is 6.07 Å². The second-order valence-corrected chi connectivity index (χ2v) is 5.45. The molecule has 2 aromatic rings. The highest BCUT2D eigenvalue weighted by atomic mass is 35.5. The number of rotatable bonds is 6. The number of benzene rings is 2. The van der Waals surface area contributed by atoms with Crippen molar-refractivity contribution in [3.05, 3.63) is 68.7 Å². The van der Waals surface area contributed by atoms with Crippen LogP contribution in [0.25, 0.3) is 0 Å². The van der Waals surface area contributed by atoms with Gasteiger partial charge in [0.2, 0.25) is 0 Å². The van der Waals surface area contributed by atoms with Gasteiger partial charge < -0.3 is 5.11 Å². The van der Waals surface area contributed by atoms with Crippen LogP contribution in [0.5, 0.6) is 5.75 Å². The Morgan fingerprint density at radius 2 is 1.73 bits per heavy atom. The number of nitro groups is 1. The molecule has 116 valence electrons. The minimum absolute atomic E-state index is 0.264. The number of nitro benzene ring substituents is 1. The first-order chi connectivity index (χ1) is 10.5. The fraction of sp³-hybridized carbons (Fsp3) is 0.250. The van der Waals surface area contributed by atoms with E-state index < -0.39 is 4.92 Å². The quantitative estimate of drug-likeness (QED) is 0.646. The largest absolute Gasteiger partial charge is 0.502 e. The number of phenols is 1. The Labute approximate surface area is 133 Å². The Kier molecular flexibility index (Phi) is 5.35. The van der Waals surface area contributed by atoms with Crippen molar-refractivity contribution in [2.75, 3.05) is 6.54 Å². The van der Waals surface area contributed by atoms with Gasteiger partial charge in [0.05, 0.1) is 4.92 Å². The molecule has 0 spiro atoms. The summed E-state index contributed by atoms with van der Waals surface area (Å²) in [5, 5.41) is 21.1. The maximum absolute atomic E-state index is 10.9. The molecule has 0 aliphatic heterocycles. The number of phenolic OH excluding ortho intramolecular Hbond substituents is 1. The molecule has 6 heteroatoms. The average molecular weight is 321 g/mol. The van der Waals surface area contributed by atoms with Crippen molar-refractivity contribution in [2.24, 2.45) is 0 Å². The number of hydrogen-bond donors (Lipinski definition) is 1. The van der Waals surface area contributed by atoms with Gasteiger partial charge in [-0.2, -0.15) is 0 Å². The molecule has 0 amide bonds. The third kappa shape index (κ3) is 4.19. The van der Waals surface area contributed by atoms with E-state index in [1.807, 2.05) is 31.2 Å². The third-order valence-corrected chi connectivity index (χ3v) is 3.66. The first kappa shape index (κ1) is 16.3. The lowest BCUT2D eigenvalue weighted by Crippen LogP contribution is -2.22. The van der Waals surface area contributed by atoms with E-state index in [9.17, 15) is 15.2 Å². The van der Waals surface area contributed by atoms with Crippen LogP contribution in [0, 0.1) is 10.1 Å². The summed E-state index contributed by atoms with van der Waals surface area (Å²) in [6.45, 7) is 4.13. The molecule has 2 aromatic carbocycles. The molecule has 2 rings (SSSR count). The van der Waals surface area contributed by atoms with Crippen molar-refractivity contribution >= 4 is 17.3 Å². The van der Waals surface area contributed by atoms with Gasteiger partial charge in [-0.3, -0.25) is 15.0 Å². The smallest absolute Gasteiger partial charge is 0.311 e. The number of nitrogens with zero attached hydrogens (tertiary/aromatic N) is 2. The Hall–Kier alpha value is -2.11. The summed E-state index contributed by atoms with van der Waals surface area (Å²) < 4.78 is 0. The Bertz CT molecular complexity index is 659. The molecule has 0 saturated carbocycles. The summed E-state index contributed by atoms with van der Waals surface area (Å²) >= 11 is 5.87. The van der Waals surface area contributed by atoms with Crippen molar-refractivity contribution in [1.82, 2.24) is 4.90 Å². The molecule has 0 saturated heterocycles. The maximum Gasteiger partial charge on any atom is 0.311 e. The molecule has 1 N–H and O–H groups in total. The zero-order chi connectivity index (χ0) is 16.1. The van der Waals surface area contributed by atoms with Crippen LogP contribution in [0.2, 0.25) is 5.02 Å². The van der Waals surface area contributed by atoms with Gasteiger partial charge in [0, 0.05) is 24.2 Å². The fourth-order valence-corrected chi connectivity index (χ4v) is 2.33. The summed E-state index contributed by atoms with van der Waals surface area (Å²) in [6.07, 6.45) is 0. The predicted octanol–water partition coefficient (Wildman–Crippen LogP) is 3.98. The number of hydrogen-bond acceptors (Lipinski definition) is 4. The Morgan fingerprint density at radius 1 is 1.14 bits per heavy atom. The second kappa shape index (κ2) is 7.24. The van der Waals surface area contributed by atoms with E-state index in [1.165, 1.54) is 12.1 Å². The molecule has 0 aliphatic carbocycles. The van der Waals surface area contributed by atoms with Crippen LogP contribution in [-0.2, 0) is 13.1 Å². The van der Waals surface area contributed by atoms with Gasteiger partial charge in [-0.05, 0) is 35.9 Å². The molecule has 0 atom stereocenters. The van der Waals surface area contributed by atoms with E-state index >= 15 is 0 Å². The van der Waals surface area contributed by atoms with Gasteiger partial charge in [-0.1, -0.05) is 36.7 Å². The van der Waals surface area contributed by atoms with Crippen molar-refractivity contribution in [3.8, 4) is 5.75 Å². The highest BCUT2D eigenvalue weighted by molar-refractivity contribution is 6.30. The Balaban J connectivity index is 2.11. The second-order valence-electron chi connectivity index (χ2n) is 5.01. The molecule has 0 aromatic heterocycles. The van der Waals surface area contributed by atoms with Gasteiger partial charge in [-0.25, -0.2) is 0 Å². The minimum atomic E-state index is -0.575. The van der Waals surface area contributed by atoms with E-state index in [-0.39, 0.29) is 11.4 Å². The van der Waals surface area contributed by atoms with Crippen molar-refractivity contribution in [3.63, 3.8) is 0 Å². The molecular weight excluding hydrogens is 304 g/mol. The predicted molar refractivity (Wildman–Crippen MR) is 86.0 cm³/mol. The molecular formula is C16H17ClN2O3. The van der Waals surface area contributed by atoms with Crippen molar-refractivity contribution < 1.29 is 10.0 Å². The lowest BCUT2D eigenvalue weighted by Gasteiger charge is -2.20. The SMILES string of the molecule is CCN(Cc1ccc(Cl)cc1)Cc1ccc(O)c([N+](=O)[O-])c1. The highest BCUT2D eigenvalue weighted by Crippen LogP contribution is 2.27. The van der Waals surface area contributed by atoms with Gasteiger partial charge in [-0.15, -0.1) is 0 Å². The van der Waals surface area contributed by atoms with Crippen LogP contribution < -0.4 is 0 Å². The zero-order valence-electron chi connectivity index (χ0n) is 12.2. The molecule has 0 heterocycles. The topological polar surface area (TPSA) is 66.6 Å². The minimum Gasteiger partial charge on any atom is -0.502 e. The summed E-state index contributed by atoms with van der Waals surface area (Å²) in [6, 6.07) is 12.1. The highest BCUT2D eigenvalue weighted by Gasteiger charge is 2.15. The molecule has 0 aliphatic rings. The standard InChI is InChI=1S/C16H17ClN2O3/c1-2-18(10-12-3-6-14(17)7-4-12)11-13-5-8-16(20)15(9-13)19(21)22/h3-9,20H,2,10-11H2,1H3. The summed E-state index contributed by atoms with van der Waals surface area (Å²) in [7, 11) is 0. The van der Waals surface area contributed by atoms with Crippen LogP contribution in [0.3, 0.4) is 0 Å². The third-order valence-electron chi connectivity index (χ3n) is 3.41. The Morgan fingerprint density at radius 3 is 2.32 bits per heavy atom. The number of aromatic hydroxyl groups is 1. The van der Waals surface area contributed by atoms with Crippen LogP contribution in [0.4, 0.5) is 5.69 Å². The van der Waals surface area contributed by atoms with Gasteiger partial charge in [0.1, 0.15) is 0 Å². The first-order valence-corrected chi connectivity index (χ1v) is 7.30. The molecule has 0 radical (unpaired) electrons. The van der Waals surface area contributed by atoms with E-state index in [4.69, 9.17) is 11.6 Å².